The predicted molar refractivity (Wildman–Crippen MR) is 59.6 cm³/mol. The van der Waals surface area contributed by atoms with Gasteiger partial charge in [-0.05, 0) is 12.3 Å². The van der Waals surface area contributed by atoms with Crippen molar-refractivity contribution in [2.24, 2.45) is 5.92 Å². The Morgan fingerprint density at radius 2 is 2.21 bits per heavy atom. The van der Waals surface area contributed by atoms with Crippen LogP contribution in [0.5, 0.6) is 0 Å². The Bertz CT molecular complexity index is 242. The first-order chi connectivity index (χ1) is 6.95. The summed E-state index contributed by atoms with van der Waals surface area (Å²) in [4.78, 5) is 0. The third kappa shape index (κ3) is 2.94. The van der Waals surface area contributed by atoms with E-state index in [1.165, 1.54) is 50.1 Å². The maximum Gasteiger partial charge on any atom is 0.130 e. The number of nitrogens with zero attached hydrogens (tertiary/aromatic N) is 2. The van der Waals surface area contributed by atoms with Crippen LogP contribution < -0.4 is 5.32 Å². The molecule has 1 fully saturated rings. The molecule has 14 heavy (non-hydrogen) atoms. The predicted octanol–water partition coefficient (Wildman–Crippen LogP) is 2.92. The van der Waals surface area contributed by atoms with Gasteiger partial charge in [0.1, 0.15) is 5.00 Å². The third-order valence-electron chi connectivity index (χ3n) is 2.94. The van der Waals surface area contributed by atoms with Gasteiger partial charge < -0.3 is 5.32 Å². The molecule has 1 aliphatic carbocycles. The summed E-state index contributed by atoms with van der Waals surface area (Å²) in [5.74, 6) is 0.956. The quantitative estimate of drug-likeness (QED) is 0.832. The van der Waals surface area contributed by atoms with Crippen LogP contribution in [0.3, 0.4) is 0 Å². The normalized spacial score (nSPS) is 18.3. The summed E-state index contributed by atoms with van der Waals surface area (Å²) >= 11 is 1.44. The highest BCUT2D eigenvalue weighted by Gasteiger charge is 2.12. The van der Waals surface area contributed by atoms with Gasteiger partial charge in [-0.2, -0.15) is 0 Å². The fraction of sp³-hybridized carbons (Fsp3) is 0.800. The van der Waals surface area contributed by atoms with Crippen LogP contribution in [-0.2, 0) is 0 Å². The minimum atomic E-state index is 0.956. The molecule has 3 nitrogen and oxygen atoms in total. The van der Waals surface area contributed by atoms with Crippen LogP contribution >= 0.6 is 11.5 Å². The average molecular weight is 211 g/mol. The molecule has 4 heteroatoms. The smallest absolute Gasteiger partial charge is 0.130 e. The number of rotatable bonds is 4. The number of hydrogen-bond donors (Lipinski definition) is 1. The Hall–Kier alpha value is -0.640. The molecule has 0 spiro atoms. The van der Waals surface area contributed by atoms with Crippen molar-refractivity contribution in [1.29, 1.82) is 0 Å². The highest BCUT2D eigenvalue weighted by molar-refractivity contribution is 7.09. The number of nitrogens with one attached hydrogen (secondary N) is 1. The second kappa shape index (κ2) is 5.29. The summed E-state index contributed by atoms with van der Waals surface area (Å²) < 4.78 is 3.82. The Morgan fingerprint density at radius 1 is 1.36 bits per heavy atom. The largest absolute Gasteiger partial charge is 0.374 e. The number of aromatic nitrogens is 2. The summed E-state index contributed by atoms with van der Waals surface area (Å²) in [6.07, 6.45) is 10.3. The molecule has 0 unspecified atom stereocenters. The van der Waals surface area contributed by atoms with Gasteiger partial charge in [-0.3, -0.25) is 0 Å². The molecule has 0 saturated heterocycles. The van der Waals surface area contributed by atoms with Crippen molar-refractivity contribution in [1.82, 2.24) is 9.59 Å². The monoisotopic (exact) mass is 211 g/mol. The lowest BCUT2D eigenvalue weighted by Crippen LogP contribution is -2.11. The molecule has 0 amide bonds. The summed E-state index contributed by atoms with van der Waals surface area (Å²) in [6, 6.07) is 0. The van der Waals surface area contributed by atoms with E-state index in [9.17, 15) is 0 Å². The fourth-order valence-corrected chi connectivity index (χ4v) is 2.56. The molecule has 1 saturated carbocycles. The Balaban J connectivity index is 1.62. The van der Waals surface area contributed by atoms with E-state index in [1.54, 1.807) is 6.20 Å². The highest BCUT2D eigenvalue weighted by atomic mass is 32.1. The zero-order valence-corrected chi connectivity index (χ0v) is 9.22. The van der Waals surface area contributed by atoms with Gasteiger partial charge in [0.15, 0.2) is 0 Å². The molecule has 2 rings (SSSR count). The van der Waals surface area contributed by atoms with Crippen molar-refractivity contribution >= 4 is 16.5 Å². The molecule has 0 bridgehead atoms. The molecule has 0 aromatic carbocycles. The van der Waals surface area contributed by atoms with Crippen LogP contribution in [0.15, 0.2) is 6.20 Å². The van der Waals surface area contributed by atoms with Gasteiger partial charge in [-0.15, -0.1) is 5.10 Å². The van der Waals surface area contributed by atoms with Crippen molar-refractivity contribution in [3.8, 4) is 0 Å². The van der Waals surface area contributed by atoms with E-state index in [2.05, 4.69) is 14.9 Å². The van der Waals surface area contributed by atoms with E-state index < -0.39 is 0 Å². The molecule has 78 valence electrons. The van der Waals surface area contributed by atoms with Crippen LogP contribution in [-0.4, -0.2) is 16.1 Å². The minimum absolute atomic E-state index is 0.956. The van der Waals surface area contributed by atoms with Crippen LogP contribution in [0.2, 0.25) is 0 Å². The number of hydrogen-bond acceptors (Lipinski definition) is 4. The summed E-state index contributed by atoms with van der Waals surface area (Å²) in [6.45, 7) is 1.08. The molecule has 1 N–H and O–H groups in total. The van der Waals surface area contributed by atoms with E-state index in [-0.39, 0.29) is 0 Å². The summed E-state index contributed by atoms with van der Waals surface area (Å²) in [5, 5.41) is 8.26. The first kappa shape index (κ1) is 9.90. The van der Waals surface area contributed by atoms with Crippen LogP contribution in [0.4, 0.5) is 5.00 Å². The standard InChI is InChI=1S/C10H17N3S/c1-2-4-9(5-3-1)6-7-11-10-8-12-13-14-10/h8-9,11H,1-7H2. The van der Waals surface area contributed by atoms with Gasteiger partial charge in [0, 0.05) is 18.1 Å². The van der Waals surface area contributed by atoms with Crippen LogP contribution in [0, 0.1) is 5.92 Å². The lowest BCUT2D eigenvalue weighted by molar-refractivity contribution is 0.345. The lowest BCUT2D eigenvalue weighted by Gasteiger charge is -2.21. The van der Waals surface area contributed by atoms with Crippen molar-refractivity contribution in [3.05, 3.63) is 6.20 Å². The maximum atomic E-state index is 3.82. The molecule has 1 aromatic rings. The molecule has 1 aromatic heterocycles. The lowest BCUT2D eigenvalue weighted by atomic mass is 9.87. The van der Waals surface area contributed by atoms with E-state index in [0.717, 1.165) is 17.5 Å². The first-order valence-corrected chi connectivity index (χ1v) is 6.24. The molecular weight excluding hydrogens is 194 g/mol. The van der Waals surface area contributed by atoms with Crippen LogP contribution in [0.1, 0.15) is 38.5 Å². The van der Waals surface area contributed by atoms with Gasteiger partial charge in [-0.1, -0.05) is 36.6 Å². The average Bonchev–Trinajstić information content (AvgIpc) is 2.72. The van der Waals surface area contributed by atoms with Crippen LogP contribution in [0.25, 0.3) is 0 Å². The molecular formula is C10H17N3S. The minimum Gasteiger partial charge on any atom is -0.374 e. The molecule has 0 atom stereocenters. The fourth-order valence-electron chi connectivity index (χ4n) is 2.12. The molecule has 0 radical (unpaired) electrons. The van der Waals surface area contributed by atoms with Gasteiger partial charge in [0.2, 0.25) is 0 Å². The Labute approximate surface area is 89.1 Å². The second-order valence-electron chi connectivity index (χ2n) is 4.00. The summed E-state index contributed by atoms with van der Waals surface area (Å²) in [5.41, 5.74) is 0. The molecule has 0 aliphatic heterocycles. The zero-order valence-electron chi connectivity index (χ0n) is 8.41. The maximum absolute atomic E-state index is 3.82. The molecule has 1 heterocycles. The van der Waals surface area contributed by atoms with Gasteiger partial charge in [0.05, 0.1) is 6.20 Å². The van der Waals surface area contributed by atoms with Crippen molar-refractivity contribution < 1.29 is 0 Å². The van der Waals surface area contributed by atoms with Crippen molar-refractivity contribution in [3.63, 3.8) is 0 Å². The van der Waals surface area contributed by atoms with Gasteiger partial charge in [-0.25, -0.2) is 0 Å². The van der Waals surface area contributed by atoms with Gasteiger partial charge in [0.25, 0.3) is 0 Å². The first-order valence-electron chi connectivity index (χ1n) is 5.46. The highest BCUT2D eigenvalue weighted by Crippen LogP contribution is 2.26. The molecule has 1 aliphatic rings. The SMILES string of the molecule is c1nnsc1NCCC1CCCCC1. The Kier molecular flexibility index (Phi) is 3.74. The number of anilines is 1. The topological polar surface area (TPSA) is 37.8 Å². The van der Waals surface area contributed by atoms with Crippen molar-refractivity contribution in [2.45, 2.75) is 38.5 Å². The van der Waals surface area contributed by atoms with E-state index in [4.69, 9.17) is 0 Å². The Morgan fingerprint density at radius 3 is 2.93 bits per heavy atom. The second-order valence-corrected chi connectivity index (χ2v) is 4.79. The van der Waals surface area contributed by atoms with E-state index >= 15 is 0 Å². The zero-order chi connectivity index (χ0) is 9.64. The van der Waals surface area contributed by atoms with E-state index in [0.29, 0.717) is 0 Å². The van der Waals surface area contributed by atoms with Crippen molar-refractivity contribution in [2.75, 3.05) is 11.9 Å². The van der Waals surface area contributed by atoms with E-state index in [1.807, 2.05) is 0 Å². The third-order valence-corrected chi connectivity index (χ3v) is 3.56. The summed E-state index contributed by atoms with van der Waals surface area (Å²) in [7, 11) is 0. The van der Waals surface area contributed by atoms with Gasteiger partial charge >= 0.3 is 0 Å².